The van der Waals surface area contributed by atoms with Crippen LogP contribution in [0.1, 0.15) is 31.2 Å². The first-order valence-electron chi connectivity index (χ1n) is 7.61. The van der Waals surface area contributed by atoms with Crippen LogP contribution < -0.4 is 5.32 Å². The van der Waals surface area contributed by atoms with Crippen LogP contribution in [0.15, 0.2) is 22.7 Å². The van der Waals surface area contributed by atoms with Crippen LogP contribution in [0.2, 0.25) is 0 Å². The summed E-state index contributed by atoms with van der Waals surface area (Å²) in [6.07, 6.45) is 5.15. The minimum Gasteiger partial charge on any atom is -0.317 e. The molecule has 1 heterocycles. The predicted octanol–water partition coefficient (Wildman–Crippen LogP) is 3.55. The van der Waals surface area contributed by atoms with Crippen LogP contribution >= 0.6 is 15.9 Å². The Balaban J connectivity index is 1.66. The molecule has 1 N–H and O–H groups in total. The predicted molar refractivity (Wildman–Crippen MR) is 83.1 cm³/mol. The van der Waals surface area contributed by atoms with Crippen LogP contribution in [0.3, 0.4) is 0 Å². The molecule has 1 saturated carbocycles. The average Bonchev–Trinajstić information content (AvgIpc) is 3.29. The molecule has 0 spiro atoms. The first kappa shape index (κ1) is 14.5. The second kappa shape index (κ2) is 6.54. The fourth-order valence-corrected chi connectivity index (χ4v) is 3.46. The molecule has 1 aliphatic carbocycles. The molecule has 0 unspecified atom stereocenters. The minimum absolute atomic E-state index is 0.153. The van der Waals surface area contributed by atoms with Gasteiger partial charge in [-0.1, -0.05) is 12.1 Å². The van der Waals surface area contributed by atoms with E-state index in [0.29, 0.717) is 4.47 Å². The van der Waals surface area contributed by atoms with E-state index < -0.39 is 0 Å². The molecule has 2 aliphatic rings. The third-order valence-corrected chi connectivity index (χ3v) is 5.31. The van der Waals surface area contributed by atoms with Crippen LogP contribution in [0.25, 0.3) is 0 Å². The molecular formula is C16H22BrFN2. The lowest BCUT2D eigenvalue weighted by molar-refractivity contribution is 0.190. The topological polar surface area (TPSA) is 15.3 Å². The smallest absolute Gasteiger partial charge is 0.137 e. The Morgan fingerprint density at radius 3 is 2.65 bits per heavy atom. The molecule has 2 nitrogen and oxygen atoms in total. The van der Waals surface area contributed by atoms with Crippen molar-refractivity contribution in [2.45, 2.75) is 38.3 Å². The van der Waals surface area contributed by atoms with E-state index in [2.05, 4.69) is 26.1 Å². The standard InChI is InChI=1S/C16H22BrFN2/c17-16-13(2-1-3-15(16)18)11-20(14-4-5-14)10-12-6-8-19-9-7-12/h1-3,12,14,19H,4-11H2. The largest absolute Gasteiger partial charge is 0.317 e. The Hall–Kier alpha value is -0.450. The molecule has 0 atom stereocenters. The Kier molecular flexibility index (Phi) is 4.74. The zero-order chi connectivity index (χ0) is 13.9. The Labute approximate surface area is 128 Å². The van der Waals surface area contributed by atoms with Crippen molar-refractivity contribution in [1.82, 2.24) is 10.2 Å². The van der Waals surface area contributed by atoms with Gasteiger partial charge in [-0.05, 0) is 72.3 Å². The van der Waals surface area contributed by atoms with Crippen LogP contribution in [0.4, 0.5) is 4.39 Å². The lowest BCUT2D eigenvalue weighted by atomic mass is 9.97. The van der Waals surface area contributed by atoms with Crippen LogP contribution in [0, 0.1) is 11.7 Å². The van der Waals surface area contributed by atoms with E-state index >= 15 is 0 Å². The lowest BCUT2D eigenvalue weighted by Gasteiger charge is -2.30. The van der Waals surface area contributed by atoms with E-state index in [-0.39, 0.29) is 5.82 Å². The van der Waals surface area contributed by atoms with Crippen LogP contribution in [-0.2, 0) is 6.54 Å². The molecule has 0 radical (unpaired) electrons. The van der Waals surface area contributed by atoms with Gasteiger partial charge in [-0.3, -0.25) is 4.90 Å². The highest BCUT2D eigenvalue weighted by Crippen LogP contribution is 2.32. The highest BCUT2D eigenvalue weighted by Gasteiger charge is 2.31. The molecule has 3 rings (SSSR count). The number of rotatable bonds is 5. The van der Waals surface area contributed by atoms with Gasteiger partial charge in [0.2, 0.25) is 0 Å². The quantitative estimate of drug-likeness (QED) is 0.881. The molecule has 110 valence electrons. The normalized spacial score (nSPS) is 20.6. The van der Waals surface area contributed by atoms with Crippen molar-refractivity contribution >= 4 is 15.9 Å². The van der Waals surface area contributed by atoms with Crippen molar-refractivity contribution < 1.29 is 4.39 Å². The summed E-state index contributed by atoms with van der Waals surface area (Å²) in [6.45, 7) is 4.32. The maximum absolute atomic E-state index is 13.6. The summed E-state index contributed by atoms with van der Waals surface area (Å²) >= 11 is 3.39. The fraction of sp³-hybridized carbons (Fsp3) is 0.625. The molecule has 2 fully saturated rings. The minimum atomic E-state index is -0.153. The number of nitrogens with one attached hydrogen (secondary N) is 1. The Bertz CT molecular complexity index is 456. The third kappa shape index (κ3) is 3.60. The van der Waals surface area contributed by atoms with E-state index in [0.717, 1.165) is 43.7 Å². The Morgan fingerprint density at radius 1 is 1.20 bits per heavy atom. The van der Waals surface area contributed by atoms with E-state index in [1.54, 1.807) is 0 Å². The number of halogens is 2. The summed E-state index contributed by atoms with van der Waals surface area (Å²) in [6, 6.07) is 6.08. The van der Waals surface area contributed by atoms with Crippen molar-refractivity contribution in [3.8, 4) is 0 Å². The van der Waals surface area contributed by atoms with E-state index in [4.69, 9.17) is 0 Å². The monoisotopic (exact) mass is 340 g/mol. The molecule has 1 aliphatic heterocycles. The van der Waals surface area contributed by atoms with Gasteiger partial charge in [-0.25, -0.2) is 4.39 Å². The van der Waals surface area contributed by atoms with Gasteiger partial charge in [-0.2, -0.15) is 0 Å². The zero-order valence-electron chi connectivity index (χ0n) is 11.7. The van der Waals surface area contributed by atoms with Crippen molar-refractivity contribution in [3.63, 3.8) is 0 Å². The van der Waals surface area contributed by atoms with Gasteiger partial charge in [0.1, 0.15) is 5.82 Å². The summed E-state index contributed by atoms with van der Waals surface area (Å²) in [5.41, 5.74) is 1.07. The van der Waals surface area contributed by atoms with Gasteiger partial charge in [0, 0.05) is 19.1 Å². The van der Waals surface area contributed by atoms with Gasteiger partial charge in [0.25, 0.3) is 0 Å². The van der Waals surface area contributed by atoms with E-state index in [9.17, 15) is 4.39 Å². The fourth-order valence-electron chi connectivity index (χ4n) is 3.07. The van der Waals surface area contributed by atoms with Crippen LogP contribution in [-0.4, -0.2) is 30.6 Å². The zero-order valence-corrected chi connectivity index (χ0v) is 13.3. The summed E-state index contributed by atoms with van der Waals surface area (Å²) in [5, 5.41) is 3.42. The molecule has 20 heavy (non-hydrogen) atoms. The Morgan fingerprint density at radius 2 is 1.95 bits per heavy atom. The summed E-state index contributed by atoms with van der Waals surface area (Å²) < 4.78 is 14.3. The van der Waals surface area contributed by atoms with Crippen molar-refractivity contribution in [2.75, 3.05) is 19.6 Å². The number of hydrogen-bond acceptors (Lipinski definition) is 2. The van der Waals surface area contributed by atoms with Crippen LogP contribution in [0.5, 0.6) is 0 Å². The lowest BCUT2D eigenvalue weighted by Crippen LogP contribution is -2.37. The molecule has 0 aromatic heterocycles. The first-order valence-corrected chi connectivity index (χ1v) is 8.41. The first-order chi connectivity index (χ1) is 9.74. The number of benzene rings is 1. The maximum atomic E-state index is 13.6. The molecule has 0 amide bonds. The van der Waals surface area contributed by atoms with Gasteiger partial charge in [-0.15, -0.1) is 0 Å². The molecule has 1 aromatic rings. The van der Waals surface area contributed by atoms with Crippen molar-refractivity contribution in [1.29, 1.82) is 0 Å². The van der Waals surface area contributed by atoms with E-state index in [1.165, 1.54) is 31.7 Å². The van der Waals surface area contributed by atoms with Gasteiger partial charge < -0.3 is 5.32 Å². The number of hydrogen-bond donors (Lipinski definition) is 1. The van der Waals surface area contributed by atoms with Crippen molar-refractivity contribution in [2.24, 2.45) is 5.92 Å². The summed E-state index contributed by atoms with van der Waals surface area (Å²) in [5.74, 6) is 0.643. The summed E-state index contributed by atoms with van der Waals surface area (Å²) in [7, 11) is 0. The highest BCUT2D eigenvalue weighted by molar-refractivity contribution is 9.10. The molecule has 1 saturated heterocycles. The maximum Gasteiger partial charge on any atom is 0.137 e. The SMILES string of the molecule is Fc1cccc(CN(CC2CCNCC2)C2CC2)c1Br. The van der Waals surface area contributed by atoms with Gasteiger partial charge >= 0.3 is 0 Å². The number of piperidine rings is 1. The van der Waals surface area contributed by atoms with Gasteiger partial charge in [0.05, 0.1) is 4.47 Å². The average molecular weight is 341 g/mol. The highest BCUT2D eigenvalue weighted by atomic mass is 79.9. The number of nitrogens with zero attached hydrogens (tertiary/aromatic N) is 1. The van der Waals surface area contributed by atoms with Gasteiger partial charge in [0.15, 0.2) is 0 Å². The molecule has 1 aromatic carbocycles. The van der Waals surface area contributed by atoms with E-state index in [1.807, 2.05) is 12.1 Å². The second-order valence-corrected chi connectivity index (χ2v) is 6.86. The molecule has 0 bridgehead atoms. The third-order valence-electron chi connectivity index (χ3n) is 4.42. The summed E-state index contributed by atoms with van der Waals surface area (Å²) in [4.78, 5) is 2.56. The second-order valence-electron chi connectivity index (χ2n) is 6.07. The molecular weight excluding hydrogens is 319 g/mol. The molecule has 4 heteroatoms. The van der Waals surface area contributed by atoms with Crippen molar-refractivity contribution in [3.05, 3.63) is 34.1 Å².